The Morgan fingerprint density at radius 2 is 1.06 bits per heavy atom. The van der Waals surface area contributed by atoms with Crippen LogP contribution < -0.4 is 0 Å². The van der Waals surface area contributed by atoms with E-state index in [0.717, 1.165) is 16.7 Å². The highest BCUT2D eigenvalue weighted by molar-refractivity contribution is 6.20. The number of alkyl halides is 1. The lowest BCUT2D eigenvalue weighted by Crippen LogP contribution is -2.38. The van der Waals surface area contributed by atoms with Crippen LogP contribution in [0.4, 0.5) is 0 Å². The highest BCUT2D eigenvalue weighted by Crippen LogP contribution is 2.31. The molecular formula is C26H27ClO4. The van der Waals surface area contributed by atoms with Gasteiger partial charge in [0.1, 0.15) is 18.3 Å². The van der Waals surface area contributed by atoms with Gasteiger partial charge in [0.15, 0.2) is 5.56 Å². The van der Waals surface area contributed by atoms with Crippen molar-refractivity contribution in [3.8, 4) is 0 Å². The Morgan fingerprint density at radius 3 is 1.58 bits per heavy atom. The van der Waals surface area contributed by atoms with Crippen molar-refractivity contribution in [2.45, 2.75) is 43.7 Å². The van der Waals surface area contributed by atoms with E-state index in [9.17, 15) is 0 Å². The Bertz CT molecular complexity index is 891. The molecule has 0 N–H and O–H groups in total. The first-order chi connectivity index (χ1) is 15.3. The third-order valence-electron chi connectivity index (χ3n) is 5.22. The average molecular weight is 439 g/mol. The van der Waals surface area contributed by atoms with Crippen molar-refractivity contribution in [3.63, 3.8) is 0 Å². The molecular weight excluding hydrogens is 412 g/mol. The molecule has 0 saturated carbocycles. The van der Waals surface area contributed by atoms with E-state index in [-0.39, 0.29) is 12.2 Å². The standard InChI is InChI=1S/C26H27ClO4/c27-26-25(30-18-22-14-8-3-9-15-22)24(29-17-21-12-6-2-7-13-21)23(31-26)19-28-16-20-10-4-1-5-11-20/h1-15,23-26H,16-19H2/t23-,24-,25+,26+/m1/s1. The van der Waals surface area contributed by atoms with Gasteiger partial charge in [-0.3, -0.25) is 0 Å². The Labute approximate surface area is 188 Å². The predicted octanol–water partition coefficient (Wildman–Crippen LogP) is 5.34. The molecule has 31 heavy (non-hydrogen) atoms. The number of hydrogen-bond donors (Lipinski definition) is 0. The Hall–Kier alpha value is -2.21. The van der Waals surface area contributed by atoms with Gasteiger partial charge in [0.05, 0.1) is 26.4 Å². The predicted molar refractivity (Wildman–Crippen MR) is 121 cm³/mol. The Balaban J connectivity index is 1.39. The monoisotopic (exact) mass is 438 g/mol. The van der Waals surface area contributed by atoms with Gasteiger partial charge < -0.3 is 18.9 Å². The summed E-state index contributed by atoms with van der Waals surface area (Å²) >= 11 is 6.53. The van der Waals surface area contributed by atoms with Crippen molar-refractivity contribution in [1.82, 2.24) is 0 Å². The van der Waals surface area contributed by atoms with E-state index in [1.54, 1.807) is 0 Å². The second kappa shape index (κ2) is 11.4. The maximum absolute atomic E-state index is 6.53. The molecule has 5 heteroatoms. The van der Waals surface area contributed by atoms with E-state index in [2.05, 4.69) is 0 Å². The van der Waals surface area contributed by atoms with Gasteiger partial charge in [-0.05, 0) is 16.7 Å². The molecule has 0 radical (unpaired) electrons. The van der Waals surface area contributed by atoms with Crippen LogP contribution in [0.2, 0.25) is 0 Å². The SMILES string of the molecule is Cl[C@H]1O[C@H](COCc2ccccc2)[C@@H](OCc2ccccc2)[C@@H]1OCc1ccccc1. The number of hydrogen-bond acceptors (Lipinski definition) is 4. The van der Waals surface area contributed by atoms with Crippen molar-refractivity contribution >= 4 is 11.6 Å². The van der Waals surface area contributed by atoms with E-state index in [0.29, 0.717) is 26.4 Å². The zero-order valence-corrected chi connectivity index (χ0v) is 18.1. The zero-order valence-electron chi connectivity index (χ0n) is 17.3. The number of rotatable bonds is 10. The van der Waals surface area contributed by atoms with Crippen molar-refractivity contribution in [3.05, 3.63) is 108 Å². The van der Waals surface area contributed by atoms with Gasteiger partial charge in [-0.25, -0.2) is 0 Å². The minimum Gasteiger partial charge on any atom is -0.374 e. The van der Waals surface area contributed by atoms with Crippen LogP contribution in [0.15, 0.2) is 91.0 Å². The van der Waals surface area contributed by atoms with Crippen LogP contribution in [0.3, 0.4) is 0 Å². The van der Waals surface area contributed by atoms with Crippen molar-refractivity contribution in [2.75, 3.05) is 6.61 Å². The molecule has 1 heterocycles. The molecule has 4 rings (SSSR count). The molecule has 1 saturated heterocycles. The first-order valence-corrected chi connectivity index (χ1v) is 11.0. The zero-order chi connectivity index (χ0) is 21.3. The molecule has 3 aromatic carbocycles. The minimum absolute atomic E-state index is 0.310. The molecule has 0 aliphatic carbocycles. The fourth-order valence-corrected chi connectivity index (χ4v) is 3.94. The van der Waals surface area contributed by atoms with E-state index in [1.165, 1.54) is 0 Å². The van der Waals surface area contributed by atoms with E-state index >= 15 is 0 Å². The van der Waals surface area contributed by atoms with Gasteiger partial charge in [0, 0.05) is 0 Å². The molecule has 1 aliphatic rings. The van der Waals surface area contributed by atoms with Crippen LogP contribution >= 0.6 is 11.6 Å². The third-order valence-corrected chi connectivity index (χ3v) is 5.57. The number of benzene rings is 3. The molecule has 1 fully saturated rings. The van der Waals surface area contributed by atoms with Crippen LogP contribution in [-0.2, 0) is 38.8 Å². The first-order valence-electron chi connectivity index (χ1n) is 10.5. The van der Waals surface area contributed by atoms with Gasteiger partial charge in [-0.1, -0.05) is 103 Å². The number of ether oxygens (including phenoxy) is 4. The molecule has 0 bridgehead atoms. The summed E-state index contributed by atoms with van der Waals surface area (Å²) < 4.78 is 24.3. The van der Waals surface area contributed by atoms with Gasteiger partial charge in [0.2, 0.25) is 0 Å². The second-order valence-electron chi connectivity index (χ2n) is 7.55. The molecule has 4 atom stereocenters. The molecule has 162 valence electrons. The Morgan fingerprint density at radius 1 is 0.613 bits per heavy atom. The van der Waals surface area contributed by atoms with Crippen LogP contribution in [-0.4, -0.2) is 30.5 Å². The molecule has 1 aliphatic heterocycles. The van der Waals surface area contributed by atoms with Crippen molar-refractivity contribution < 1.29 is 18.9 Å². The summed E-state index contributed by atoms with van der Waals surface area (Å²) in [6.45, 7) is 1.79. The van der Waals surface area contributed by atoms with Gasteiger partial charge in [-0.15, -0.1) is 0 Å². The largest absolute Gasteiger partial charge is 0.374 e. The quantitative estimate of drug-likeness (QED) is 0.400. The normalized spacial score (nSPS) is 23.1. The van der Waals surface area contributed by atoms with E-state index < -0.39 is 11.7 Å². The summed E-state index contributed by atoms with van der Waals surface area (Å²) in [4.78, 5) is 0. The fourth-order valence-electron chi connectivity index (χ4n) is 3.59. The average Bonchev–Trinajstić information content (AvgIpc) is 3.12. The molecule has 0 spiro atoms. The summed E-state index contributed by atoms with van der Waals surface area (Å²) in [5, 5.41) is 0. The maximum Gasteiger partial charge on any atom is 0.160 e. The van der Waals surface area contributed by atoms with E-state index in [4.69, 9.17) is 30.5 Å². The highest BCUT2D eigenvalue weighted by Gasteiger charge is 2.45. The Kier molecular flexibility index (Phi) is 8.11. The summed E-state index contributed by atoms with van der Waals surface area (Å²) in [7, 11) is 0. The summed E-state index contributed by atoms with van der Waals surface area (Å²) in [6, 6.07) is 30.1. The van der Waals surface area contributed by atoms with Gasteiger partial charge in [0.25, 0.3) is 0 Å². The van der Waals surface area contributed by atoms with Crippen LogP contribution in [0, 0.1) is 0 Å². The second-order valence-corrected chi connectivity index (χ2v) is 7.98. The van der Waals surface area contributed by atoms with Crippen LogP contribution in [0.5, 0.6) is 0 Å². The maximum atomic E-state index is 6.53. The molecule has 0 unspecified atom stereocenters. The van der Waals surface area contributed by atoms with Crippen LogP contribution in [0.25, 0.3) is 0 Å². The lowest BCUT2D eigenvalue weighted by molar-refractivity contribution is -0.0896. The summed E-state index contributed by atoms with van der Waals surface area (Å²) in [5.74, 6) is 0. The first kappa shape index (κ1) is 22.0. The minimum atomic E-state index is -0.602. The van der Waals surface area contributed by atoms with E-state index in [1.807, 2.05) is 91.0 Å². The fraction of sp³-hybridized carbons (Fsp3) is 0.308. The summed E-state index contributed by atoms with van der Waals surface area (Å²) in [6.07, 6.45) is -1.03. The van der Waals surface area contributed by atoms with Crippen LogP contribution in [0.1, 0.15) is 16.7 Å². The lowest BCUT2D eigenvalue weighted by atomic mass is 10.1. The van der Waals surface area contributed by atoms with Crippen molar-refractivity contribution in [1.29, 1.82) is 0 Å². The third kappa shape index (κ3) is 6.39. The topological polar surface area (TPSA) is 36.9 Å². The highest BCUT2D eigenvalue weighted by atomic mass is 35.5. The smallest absolute Gasteiger partial charge is 0.160 e. The molecule has 3 aromatic rings. The molecule has 0 aromatic heterocycles. The lowest BCUT2D eigenvalue weighted by Gasteiger charge is -2.24. The molecule has 0 amide bonds. The molecule has 4 nitrogen and oxygen atoms in total. The number of halogens is 1. The summed E-state index contributed by atoms with van der Waals surface area (Å²) in [5.41, 5.74) is 2.68. The van der Waals surface area contributed by atoms with Gasteiger partial charge >= 0.3 is 0 Å². The van der Waals surface area contributed by atoms with Crippen molar-refractivity contribution in [2.24, 2.45) is 0 Å². The van der Waals surface area contributed by atoms with Gasteiger partial charge in [-0.2, -0.15) is 0 Å².